The average Bonchev–Trinajstić information content (AvgIpc) is 3.58. The van der Waals surface area contributed by atoms with Crippen molar-refractivity contribution in [2.24, 2.45) is 56.7 Å². The molecule has 1 aromatic rings. The molecule has 240 valence electrons. The molecule has 0 aliphatic heterocycles. The molecule has 5 fully saturated rings. The van der Waals surface area contributed by atoms with Crippen LogP contribution in [0.2, 0.25) is 0 Å². The first kappa shape index (κ1) is 31.3. The first-order valence-electron chi connectivity index (χ1n) is 17.3. The van der Waals surface area contributed by atoms with Crippen LogP contribution in [0.4, 0.5) is 4.79 Å². The lowest BCUT2D eigenvalue weighted by Crippen LogP contribution is -2.67. The lowest BCUT2D eigenvalue weighted by atomic mass is 9.32. The molecule has 5 unspecified atom stereocenters. The fourth-order valence-corrected chi connectivity index (χ4v) is 12.9. The average molecular weight is 595 g/mol. The Kier molecular flexibility index (Phi) is 7.80. The van der Waals surface area contributed by atoms with Crippen molar-refractivity contribution in [3.8, 4) is 0 Å². The highest BCUT2D eigenvalue weighted by molar-refractivity contribution is 5.71. The summed E-state index contributed by atoms with van der Waals surface area (Å²) in [6.45, 7) is 20.1. The van der Waals surface area contributed by atoms with Gasteiger partial charge in [-0.1, -0.05) is 41.2 Å². The van der Waals surface area contributed by atoms with Gasteiger partial charge in [0.25, 0.3) is 0 Å². The highest BCUT2D eigenvalue weighted by Crippen LogP contribution is 2.77. The van der Waals surface area contributed by atoms with Crippen LogP contribution in [0, 0.1) is 63.6 Å². The molecule has 43 heavy (non-hydrogen) atoms. The Morgan fingerprint density at radius 1 is 1.02 bits per heavy atom. The Hall–Kier alpha value is -1.66. The van der Waals surface area contributed by atoms with Crippen LogP contribution < -0.4 is 0 Å². The number of aliphatic hydroxyl groups excluding tert-OH is 1. The second kappa shape index (κ2) is 10.7. The molecule has 5 aliphatic rings. The molecule has 0 radical (unpaired) electrons. The van der Waals surface area contributed by atoms with Crippen LogP contribution in [0.1, 0.15) is 111 Å². The summed E-state index contributed by atoms with van der Waals surface area (Å²) in [5, 5.41) is 11.2. The number of nitrogens with zero attached hydrogens (tertiary/aromatic N) is 2. The van der Waals surface area contributed by atoms with E-state index in [0.717, 1.165) is 38.5 Å². The van der Waals surface area contributed by atoms with Gasteiger partial charge in [-0.2, -0.15) is 0 Å². The summed E-state index contributed by atoms with van der Waals surface area (Å²) >= 11 is 0. The molecule has 6 rings (SSSR count). The highest BCUT2D eigenvalue weighted by Gasteiger charge is 2.71. The molecule has 5 aliphatic carbocycles. The second-order valence-electron chi connectivity index (χ2n) is 16.6. The molecule has 6 heteroatoms. The van der Waals surface area contributed by atoms with Crippen LogP contribution in [0.3, 0.4) is 0 Å². The number of aliphatic hydroxyl groups is 1. The molecule has 1 N–H and O–H groups in total. The lowest BCUT2D eigenvalue weighted by molar-refractivity contribution is -0.252. The van der Waals surface area contributed by atoms with Crippen molar-refractivity contribution in [2.75, 3.05) is 20.3 Å². The van der Waals surface area contributed by atoms with Crippen LogP contribution in [-0.2, 0) is 9.47 Å². The van der Waals surface area contributed by atoms with Crippen molar-refractivity contribution in [3.05, 3.63) is 30.4 Å². The van der Waals surface area contributed by atoms with Crippen LogP contribution in [0.25, 0.3) is 0 Å². The van der Waals surface area contributed by atoms with Gasteiger partial charge in [-0.25, -0.2) is 14.3 Å². The predicted octanol–water partition coefficient (Wildman–Crippen LogP) is 8.21. The van der Waals surface area contributed by atoms with Gasteiger partial charge in [-0.15, -0.1) is 0 Å². The van der Waals surface area contributed by atoms with E-state index in [1.807, 2.05) is 6.92 Å². The minimum Gasteiger partial charge on any atom is -0.448 e. The quantitative estimate of drug-likeness (QED) is 0.336. The summed E-state index contributed by atoms with van der Waals surface area (Å²) < 4.78 is 13.4. The van der Waals surface area contributed by atoms with Crippen molar-refractivity contribution in [3.63, 3.8) is 0 Å². The van der Waals surface area contributed by atoms with E-state index < -0.39 is 0 Å². The van der Waals surface area contributed by atoms with E-state index >= 15 is 0 Å². The van der Waals surface area contributed by atoms with Crippen molar-refractivity contribution < 1.29 is 19.4 Å². The summed E-state index contributed by atoms with van der Waals surface area (Å²) in [6.07, 6.45) is 15.5. The number of imidazole rings is 1. The minimum atomic E-state index is -0.309. The minimum absolute atomic E-state index is 0.0136. The van der Waals surface area contributed by atoms with Gasteiger partial charge in [0, 0.05) is 24.9 Å². The van der Waals surface area contributed by atoms with Gasteiger partial charge in [0.2, 0.25) is 0 Å². The summed E-state index contributed by atoms with van der Waals surface area (Å²) in [6, 6.07) is 0. The number of carbonyl (C=O) groups is 1. The summed E-state index contributed by atoms with van der Waals surface area (Å²) in [5.41, 5.74) is 1.96. The molecule has 1 heterocycles. The van der Waals surface area contributed by atoms with Crippen molar-refractivity contribution >= 4 is 6.09 Å². The van der Waals surface area contributed by atoms with E-state index in [-0.39, 0.29) is 39.3 Å². The van der Waals surface area contributed by atoms with Gasteiger partial charge in [-0.05, 0) is 134 Å². The first-order valence-corrected chi connectivity index (χ1v) is 17.3. The van der Waals surface area contributed by atoms with Gasteiger partial charge in [0.05, 0.1) is 19.3 Å². The predicted molar refractivity (Wildman–Crippen MR) is 170 cm³/mol. The van der Waals surface area contributed by atoms with Crippen molar-refractivity contribution in [2.45, 2.75) is 118 Å². The topological polar surface area (TPSA) is 73.6 Å². The third-order valence-corrected chi connectivity index (χ3v) is 15.5. The Morgan fingerprint density at radius 3 is 2.47 bits per heavy atom. The molecule has 11 atom stereocenters. The molecule has 5 saturated carbocycles. The number of hydrogen-bond acceptors (Lipinski definition) is 5. The van der Waals surface area contributed by atoms with Crippen molar-refractivity contribution in [1.82, 2.24) is 9.55 Å². The zero-order chi connectivity index (χ0) is 31.0. The van der Waals surface area contributed by atoms with Crippen LogP contribution in [-0.4, -0.2) is 47.2 Å². The van der Waals surface area contributed by atoms with Gasteiger partial charge in [0.15, 0.2) is 0 Å². The Bertz CT molecular complexity index is 1240. The fraction of sp³-hybridized carbons (Fsp3) is 0.838. The Labute approximate surface area is 260 Å². The first-order chi connectivity index (χ1) is 20.3. The Balaban J connectivity index is 1.34. The number of methoxy groups -OCH3 is 1. The number of carbonyl (C=O) groups excluding carboxylic acids is 1. The Morgan fingerprint density at radius 2 is 1.79 bits per heavy atom. The van der Waals surface area contributed by atoms with Gasteiger partial charge in [0.1, 0.15) is 5.82 Å². The molecular weight excluding hydrogens is 536 g/mol. The second-order valence-corrected chi connectivity index (χ2v) is 16.6. The SMILES string of the molecule is C=C(COC)[C@@H]1CC[C@]2(COC(=O)n3ccnc3C)CC[C@]3(C)C(CCC4[C@@]5(C)CC[C@H](O)C(C)(CC)C5CC[C@]43C)C12. The van der Waals surface area contributed by atoms with E-state index in [2.05, 4.69) is 46.2 Å². The van der Waals surface area contributed by atoms with E-state index in [0.29, 0.717) is 48.6 Å². The number of ether oxygens (including phenoxy) is 2. The summed E-state index contributed by atoms with van der Waals surface area (Å²) in [7, 11) is 1.78. The zero-order valence-electron chi connectivity index (χ0n) is 28.1. The van der Waals surface area contributed by atoms with E-state index in [4.69, 9.17) is 9.47 Å². The molecule has 0 spiro atoms. The summed E-state index contributed by atoms with van der Waals surface area (Å²) in [4.78, 5) is 17.4. The molecule has 0 amide bonds. The molecular formula is C37H58N2O4. The lowest BCUT2D eigenvalue weighted by Gasteiger charge is -2.73. The standard InChI is InChI=1S/C37H58N2O4/c1-9-33(4)28-13-16-36(7)29(34(28,5)15-14-30(33)40)11-10-27-31-26(24(2)22-42-8)12-17-37(31,19-18-35(27,36)6)23-43-32(41)39-21-20-38-25(39)3/h20-21,26-31,40H,2,9-19,22-23H2,1,3-8H3/t26-,27?,28?,29?,30-,31?,33?,34-,35+,36+,37+/m0/s1. The van der Waals surface area contributed by atoms with E-state index in [9.17, 15) is 9.90 Å². The van der Waals surface area contributed by atoms with E-state index in [1.165, 1.54) is 42.2 Å². The maximum atomic E-state index is 13.2. The fourth-order valence-electron chi connectivity index (χ4n) is 12.9. The number of rotatable bonds is 6. The van der Waals surface area contributed by atoms with Crippen LogP contribution in [0.15, 0.2) is 24.5 Å². The zero-order valence-corrected chi connectivity index (χ0v) is 28.1. The molecule has 0 bridgehead atoms. The third-order valence-electron chi connectivity index (χ3n) is 15.5. The maximum absolute atomic E-state index is 13.2. The molecule has 1 aromatic heterocycles. The van der Waals surface area contributed by atoms with Gasteiger partial charge in [-0.3, -0.25) is 0 Å². The summed E-state index contributed by atoms with van der Waals surface area (Å²) in [5.74, 6) is 3.35. The van der Waals surface area contributed by atoms with E-state index in [1.54, 1.807) is 19.5 Å². The molecule has 6 nitrogen and oxygen atoms in total. The monoisotopic (exact) mass is 594 g/mol. The maximum Gasteiger partial charge on any atom is 0.419 e. The van der Waals surface area contributed by atoms with Crippen LogP contribution >= 0.6 is 0 Å². The molecule has 0 aromatic carbocycles. The van der Waals surface area contributed by atoms with Crippen LogP contribution in [0.5, 0.6) is 0 Å². The largest absolute Gasteiger partial charge is 0.448 e. The number of fused-ring (bicyclic) bond motifs is 7. The van der Waals surface area contributed by atoms with Gasteiger partial charge < -0.3 is 14.6 Å². The third kappa shape index (κ3) is 4.31. The number of hydrogen-bond donors (Lipinski definition) is 1. The highest BCUT2D eigenvalue weighted by atomic mass is 16.5. The smallest absolute Gasteiger partial charge is 0.419 e. The normalized spacial score (nSPS) is 47.2. The number of aryl methyl sites for hydroxylation is 1. The molecule has 0 saturated heterocycles. The number of aromatic nitrogens is 2. The van der Waals surface area contributed by atoms with Gasteiger partial charge >= 0.3 is 6.09 Å². The van der Waals surface area contributed by atoms with Crippen molar-refractivity contribution in [1.29, 1.82) is 0 Å².